The smallest absolute Gasteiger partial charge is 0.228 e. The number of aliphatic hydroxyl groups is 1. The second kappa shape index (κ2) is 7.06. The van der Waals surface area contributed by atoms with Crippen LogP contribution in [0.2, 0.25) is 0 Å². The lowest BCUT2D eigenvalue weighted by Crippen LogP contribution is -2.42. The van der Waals surface area contributed by atoms with Gasteiger partial charge in [0.2, 0.25) is 5.91 Å². The van der Waals surface area contributed by atoms with E-state index < -0.39 is 5.60 Å². The topological polar surface area (TPSA) is 49.3 Å². The molecule has 0 aliphatic rings. The molecular weight excluding hydrogens is 258 g/mol. The third-order valence-electron chi connectivity index (χ3n) is 3.27. The Bertz CT molecular complexity index is 385. The van der Waals surface area contributed by atoms with E-state index in [0.29, 0.717) is 18.9 Å². The molecule has 1 heterocycles. The highest BCUT2D eigenvalue weighted by Crippen LogP contribution is 2.21. The Kier molecular flexibility index (Phi) is 6.01. The van der Waals surface area contributed by atoms with Crippen molar-refractivity contribution in [2.24, 2.45) is 5.92 Å². The van der Waals surface area contributed by atoms with Crippen LogP contribution in [0, 0.1) is 5.92 Å². The Labute approximate surface area is 120 Å². The monoisotopic (exact) mass is 283 g/mol. The highest BCUT2D eigenvalue weighted by Gasteiger charge is 2.23. The molecule has 1 aromatic heterocycles. The first kappa shape index (κ1) is 16.2. The minimum atomic E-state index is -0.824. The van der Waals surface area contributed by atoms with Gasteiger partial charge in [-0.15, -0.1) is 11.3 Å². The molecule has 0 spiro atoms. The van der Waals surface area contributed by atoms with Crippen LogP contribution in [-0.2, 0) is 4.79 Å². The molecule has 0 fully saturated rings. The second-order valence-corrected chi connectivity index (χ2v) is 6.86. The molecule has 1 rings (SSSR count). The molecule has 19 heavy (non-hydrogen) atoms. The quantitative estimate of drug-likeness (QED) is 0.807. The van der Waals surface area contributed by atoms with E-state index in [0.717, 1.165) is 11.3 Å². The molecule has 2 atom stereocenters. The van der Waals surface area contributed by atoms with Crippen LogP contribution in [-0.4, -0.2) is 23.2 Å². The summed E-state index contributed by atoms with van der Waals surface area (Å²) in [7, 11) is 0. The van der Waals surface area contributed by atoms with Gasteiger partial charge >= 0.3 is 0 Å². The number of carbonyl (C=O) groups excluding carboxylic acids is 1. The van der Waals surface area contributed by atoms with Crippen LogP contribution in [0.4, 0.5) is 0 Å². The van der Waals surface area contributed by atoms with E-state index in [2.05, 4.69) is 19.2 Å². The number of amides is 1. The maximum Gasteiger partial charge on any atom is 0.228 e. The molecule has 0 aliphatic carbocycles. The van der Waals surface area contributed by atoms with E-state index >= 15 is 0 Å². The zero-order valence-corrected chi connectivity index (χ0v) is 13.1. The zero-order chi connectivity index (χ0) is 14.5. The van der Waals surface area contributed by atoms with Gasteiger partial charge in [0.15, 0.2) is 0 Å². The molecule has 0 aliphatic heterocycles. The van der Waals surface area contributed by atoms with Crippen molar-refractivity contribution < 1.29 is 9.90 Å². The summed E-state index contributed by atoms with van der Waals surface area (Å²) in [5.74, 6) is 0.389. The molecule has 3 nitrogen and oxygen atoms in total. The number of hydrogen-bond acceptors (Lipinski definition) is 3. The number of thiophene rings is 1. The van der Waals surface area contributed by atoms with Crippen LogP contribution in [0.1, 0.15) is 51.3 Å². The number of nitrogens with one attached hydrogen (secondary N) is 1. The van der Waals surface area contributed by atoms with Gasteiger partial charge in [-0.3, -0.25) is 4.79 Å². The first-order chi connectivity index (χ1) is 8.82. The minimum absolute atomic E-state index is 0.0210. The van der Waals surface area contributed by atoms with E-state index in [1.807, 2.05) is 24.4 Å². The SMILES string of the molecule is CC(C)CCC(C)(O)CNC(=O)C(C)c1cccs1. The second-order valence-electron chi connectivity index (χ2n) is 5.88. The molecule has 2 N–H and O–H groups in total. The summed E-state index contributed by atoms with van der Waals surface area (Å²) in [5.41, 5.74) is -0.824. The normalized spacial score (nSPS) is 16.1. The largest absolute Gasteiger partial charge is 0.388 e. The Hall–Kier alpha value is -0.870. The van der Waals surface area contributed by atoms with Crippen LogP contribution >= 0.6 is 11.3 Å². The maximum absolute atomic E-state index is 12.0. The lowest BCUT2D eigenvalue weighted by molar-refractivity contribution is -0.123. The molecule has 0 saturated heterocycles. The van der Waals surface area contributed by atoms with E-state index in [1.54, 1.807) is 18.3 Å². The highest BCUT2D eigenvalue weighted by atomic mass is 32.1. The van der Waals surface area contributed by atoms with Gasteiger partial charge in [0.05, 0.1) is 11.5 Å². The lowest BCUT2D eigenvalue weighted by Gasteiger charge is -2.25. The third kappa shape index (κ3) is 5.74. The summed E-state index contributed by atoms with van der Waals surface area (Å²) < 4.78 is 0. The van der Waals surface area contributed by atoms with Gasteiger partial charge in [-0.1, -0.05) is 19.9 Å². The molecular formula is C15H25NO2S. The summed E-state index contributed by atoms with van der Waals surface area (Å²) >= 11 is 1.58. The Balaban J connectivity index is 2.41. The minimum Gasteiger partial charge on any atom is -0.388 e. The summed E-state index contributed by atoms with van der Waals surface area (Å²) in [5, 5.41) is 15.0. The third-order valence-corrected chi connectivity index (χ3v) is 4.32. The molecule has 0 aromatic carbocycles. The summed E-state index contributed by atoms with van der Waals surface area (Å²) in [6, 6.07) is 3.91. The first-order valence-corrected chi connectivity index (χ1v) is 7.73. The summed E-state index contributed by atoms with van der Waals surface area (Å²) in [4.78, 5) is 13.1. The zero-order valence-electron chi connectivity index (χ0n) is 12.3. The average molecular weight is 283 g/mol. The molecule has 1 aromatic rings. The van der Waals surface area contributed by atoms with Gasteiger partial charge in [-0.2, -0.15) is 0 Å². The van der Waals surface area contributed by atoms with Gasteiger partial charge in [-0.25, -0.2) is 0 Å². The van der Waals surface area contributed by atoms with E-state index in [4.69, 9.17) is 0 Å². The van der Waals surface area contributed by atoms with Gasteiger partial charge in [-0.05, 0) is 44.1 Å². The standard InChI is InChI=1S/C15H25NO2S/c1-11(2)7-8-15(4,18)10-16-14(17)12(3)13-6-5-9-19-13/h5-6,9,11-12,18H,7-8,10H2,1-4H3,(H,16,17). The van der Waals surface area contributed by atoms with Crippen molar-refractivity contribution in [2.45, 2.75) is 52.1 Å². The van der Waals surface area contributed by atoms with Crippen LogP contribution in [0.5, 0.6) is 0 Å². The predicted molar refractivity (Wildman–Crippen MR) is 80.4 cm³/mol. The van der Waals surface area contributed by atoms with Gasteiger partial charge in [0.1, 0.15) is 0 Å². The van der Waals surface area contributed by atoms with Crippen molar-refractivity contribution in [1.82, 2.24) is 5.32 Å². The Morgan fingerprint density at radius 2 is 2.16 bits per heavy atom. The van der Waals surface area contributed by atoms with Gasteiger partial charge in [0, 0.05) is 11.4 Å². The van der Waals surface area contributed by atoms with Crippen molar-refractivity contribution in [3.63, 3.8) is 0 Å². The van der Waals surface area contributed by atoms with E-state index in [1.165, 1.54) is 0 Å². The fourth-order valence-electron chi connectivity index (χ4n) is 1.79. The molecule has 0 saturated carbocycles. The van der Waals surface area contributed by atoms with Crippen molar-refractivity contribution in [3.05, 3.63) is 22.4 Å². The summed E-state index contributed by atoms with van der Waals surface area (Å²) in [6.45, 7) is 8.25. The predicted octanol–water partition coefficient (Wildman–Crippen LogP) is 3.16. The van der Waals surface area contributed by atoms with Crippen molar-refractivity contribution >= 4 is 17.2 Å². The number of carbonyl (C=O) groups is 1. The van der Waals surface area contributed by atoms with Crippen LogP contribution in [0.3, 0.4) is 0 Å². The van der Waals surface area contributed by atoms with Gasteiger partial charge in [0.25, 0.3) is 0 Å². The number of hydrogen-bond donors (Lipinski definition) is 2. The molecule has 1 amide bonds. The van der Waals surface area contributed by atoms with E-state index in [9.17, 15) is 9.90 Å². The first-order valence-electron chi connectivity index (χ1n) is 6.85. The Morgan fingerprint density at radius 3 is 2.68 bits per heavy atom. The molecule has 2 unspecified atom stereocenters. The molecule has 108 valence electrons. The fourth-order valence-corrected chi connectivity index (χ4v) is 2.57. The lowest BCUT2D eigenvalue weighted by atomic mass is 9.95. The van der Waals surface area contributed by atoms with Gasteiger partial charge < -0.3 is 10.4 Å². The number of rotatable bonds is 7. The molecule has 0 radical (unpaired) electrons. The van der Waals surface area contributed by atoms with Crippen LogP contribution in [0.15, 0.2) is 17.5 Å². The average Bonchev–Trinajstić information content (AvgIpc) is 2.86. The van der Waals surface area contributed by atoms with Crippen LogP contribution in [0.25, 0.3) is 0 Å². The highest BCUT2D eigenvalue weighted by molar-refractivity contribution is 7.10. The molecule has 0 bridgehead atoms. The fraction of sp³-hybridized carbons (Fsp3) is 0.667. The maximum atomic E-state index is 12.0. The summed E-state index contributed by atoms with van der Waals surface area (Å²) in [6.07, 6.45) is 1.67. The van der Waals surface area contributed by atoms with Crippen molar-refractivity contribution in [3.8, 4) is 0 Å². The van der Waals surface area contributed by atoms with Crippen LogP contribution < -0.4 is 5.32 Å². The van der Waals surface area contributed by atoms with Crippen molar-refractivity contribution in [2.75, 3.05) is 6.54 Å². The van der Waals surface area contributed by atoms with E-state index in [-0.39, 0.29) is 11.8 Å². The molecule has 4 heteroatoms. The Morgan fingerprint density at radius 1 is 1.47 bits per heavy atom. The van der Waals surface area contributed by atoms with Crippen molar-refractivity contribution in [1.29, 1.82) is 0 Å².